The van der Waals surface area contributed by atoms with Gasteiger partial charge in [0.15, 0.2) is 5.65 Å². The highest BCUT2D eigenvalue weighted by Crippen LogP contribution is 2.25. The largest absolute Gasteiger partial charge is 0.350 e. The molecule has 0 aliphatic heterocycles. The minimum atomic E-state index is -0.448. The number of fused-ring (bicyclic) bond motifs is 1. The van der Waals surface area contributed by atoms with Crippen LogP contribution in [0.2, 0.25) is 5.02 Å². The van der Waals surface area contributed by atoms with Gasteiger partial charge in [-0.05, 0) is 36.4 Å². The number of carbonyl (C=O) groups is 1. The lowest BCUT2D eigenvalue weighted by molar-refractivity contribution is -0.119. The van der Waals surface area contributed by atoms with Crippen molar-refractivity contribution in [2.24, 2.45) is 0 Å². The number of benzene rings is 2. The van der Waals surface area contributed by atoms with Crippen LogP contribution in [0, 0.1) is 0 Å². The molecule has 0 spiro atoms. The summed E-state index contributed by atoms with van der Waals surface area (Å²) in [5, 5.41) is 8.94. The molecule has 0 N–H and O–H groups in total. The van der Waals surface area contributed by atoms with Gasteiger partial charge in [0.25, 0.3) is 5.89 Å². The summed E-state index contributed by atoms with van der Waals surface area (Å²) in [6.45, 7) is -0.219. The molecule has 10 heteroatoms. The molecule has 2 aromatic carbocycles. The van der Waals surface area contributed by atoms with E-state index in [0.717, 1.165) is 10.4 Å². The predicted octanol–water partition coefficient (Wildman–Crippen LogP) is 3.53. The zero-order valence-corrected chi connectivity index (χ0v) is 18.2. The maximum absolute atomic E-state index is 12.9. The summed E-state index contributed by atoms with van der Waals surface area (Å²) in [7, 11) is 1.65. The van der Waals surface area contributed by atoms with E-state index >= 15 is 0 Å². The fourth-order valence-corrected chi connectivity index (χ4v) is 3.61. The topological polar surface area (TPSA) is 98.5 Å². The fraction of sp³-hybridized carbons (Fsp3) is 0.0870. The van der Waals surface area contributed by atoms with Gasteiger partial charge in [-0.25, -0.2) is 13.9 Å². The number of carbonyl (C=O) groups excluding carboxylic acids is 1. The average molecular weight is 461 g/mol. The Bertz CT molecular complexity index is 1520. The second-order valence-electron chi connectivity index (χ2n) is 7.28. The molecule has 9 nitrogen and oxygen atoms in total. The molecule has 0 unspecified atom stereocenters. The van der Waals surface area contributed by atoms with E-state index in [1.165, 1.54) is 9.30 Å². The molecule has 0 aliphatic carbocycles. The summed E-state index contributed by atoms with van der Waals surface area (Å²) in [5.41, 5.74) is 1.74. The highest BCUT2D eigenvalue weighted by Gasteiger charge is 2.20. The maximum Gasteiger partial charge on any atom is 0.350 e. The van der Waals surface area contributed by atoms with Gasteiger partial charge < -0.3 is 9.42 Å². The molecular formula is C23H17ClN6O3. The Hall–Kier alpha value is -4.24. The molecule has 5 rings (SSSR count). The summed E-state index contributed by atoms with van der Waals surface area (Å²) in [5.74, 6) is 0.269. The van der Waals surface area contributed by atoms with Gasteiger partial charge in [-0.15, -0.1) is 5.10 Å². The van der Waals surface area contributed by atoms with E-state index in [1.807, 2.05) is 36.4 Å². The third kappa shape index (κ3) is 3.90. The van der Waals surface area contributed by atoms with Crippen LogP contribution in [0.4, 0.5) is 5.69 Å². The SMILES string of the molecule is CN(C(=O)Cn1nc2c(-c3nc(-c4cccc(Cl)c4)no3)cccn2c1=O)c1ccccc1. The quantitative estimate of drug-likeness (QED) is 0.398. The molecule has 0 saturated heterocycles. The molecule has 0 saturated carbocycles. The molecule has 0 aliphatic rings. The molecule has 5 aromatic rings. The van der Waals surface area contributed by atoms with Crippen molar-refractivity contribution in [1.29, 1.82) is 0 Å². The lowest BCUT2D eigenvalue weighted by Crippen LogP contribution is -2.34. The minimum absolute atomic E-state index is 0.195. The number of rotatable bonds is 5. The number of amides is 1. The molecule has 0 radical (unpaired) electrons. The smallest absolute Gasteiger partial charge is 0.333 e. The second-order valence-corrected chi connectivity index (χ2v) is 7.71. The Balaban J connectivity index is 1.48. The number of hydrogen-bond donors (Lipinski definition) is 0. The third-order valence-corrected chi connectivity index (χ3v) is 5.39. The monoisotopic (exact) mass is 460 g/mol. The fourth-order valence-electron chi connectivity index (χ4n) is 3.42. The number of likely N-dealkylation sites (N-methyl/N-ethyl adjacent to an activating group) is 1. The van der Waals surface area contributed by atoms with E-state index in [9.17, 15) is 9.59 Å². The predicted molar refractivity (Wildman–Crippen MR) is 123 cm³/mol. The van der Waals surface area contributed by atoms with Gasteiger partial charge in [-0.2, -0.15) is 4.98 Å². The molecule has 1 amide bonds. The number of nitrogens with zero attached hydrogens (tertiary/aromatic N) is 6. The van der Waals surface area contributed by atoms with Crippen LogP contribution >= 0.6 is 11.6 Å². The lowest BCUT2D eigenvalue weighted by atomic mass is 10.2. The number of hydrogen-bond acceptors (Lipinski definition) is 6. The van der Waals surface area contributed by atoms with Crippen LogP contribution in [-0.2, 0) is 11.3 Å². The van der Waals surface area contributed by atoms with Crippen LogP contribution in [-0.4, -0.2) is 37.3 Å². The van der Waals surface area contributed by atoms with Gasteiger partial charge in [0.1, 0.15) is 6.54 Å². The average Bonchev–Trinajstić information content (AvgIpc) is 3.45. The van der Waals surface area contributed by atoms with Gasteiger partial charge in [0.2, 0.25) is 11.7 Å². The van der Waals surface area contributed by atoms with Crippen molar-refractivity contribution in [3.8, 4) is 22.8 Å². The van der Waals surface area contributed by atoms with Crippen LogP contribution in [0.3, 0.4) is 0 Å². The van der Waals surface area contributed by atoms with Crippen molar-refractivity contribution in [2.75, 3.05) is 11.9 Å². The maximum atomic E-state index is 12.9. The standard InChI is InChI=1S/C23H17ClN6O3/c1-28(17-9-3-2-4-10-17)19(31)14-30-23(32)29-12-6-11-18(21(29)26-30)22-25-20(27-33-22)15-7-5-8-16(24)13-15/h2-13H,14H2,1H3. The summed E-state index contributed by atoms with van der Waals surface area (Å²) in [6, 6.07) is 19.7. The molecule has 3 heterocycles. The van der Waals surface area contributed by atoms with Gasteiger partial charge in [0, 0.05) is 29.5 Å². The molecule has 33 heavy (non-hydrogen) atoms. The van der Waals surface area contributed by atoms with E-state index < -0.39 is 5.69 Å². The highest BCUT2D eigenvalue weighted by atomic mass is 35.5. The van der Waals surface area contributed by atoms with Crippen molar-refractivity contribution in [2.45, 2.75) is 6.54 Å². The normalized spacial score (nSPS) is 11.1. The van der Waals surface area contributed by atoms with Crippen molar-refractivity contribution >= 4 is 28.8 Å². The number of para-hydroxylation sites is 1. The lowest BCUT2D eigenvalue weighted by Gasteiger charge is -2.16. The van der Waals surface area contributed by atoms with Crippen molar-refractivity contribution < 1.29 is 9.32 Å². The molecule has 0 bridgehead atoms. The summed E-state index contributed by atoms with van der Waals surface area (Å²) in [4.78, 5) is 31.5. The van der Waals surface area contributed by atoms with Crippen molar-refractivity contribution in [3.05, 3.63) is 88.4 Å². The van der Waals surface area contributed by atoms with Gasteiger partial charge in [0.05, 0.1) is 5.56 Å². The number of anilines is 1. The molecule has 0 fully saturated rings. The number of halogens is 1. The van der Waals surface area contributed by atoms with Crippen molar-refractivity contribution in [3.63, 3.8) is 0 Å². The number of aromatic nitrogens is 5. The molecule has 0 atom stereocenters. The van der Waals surface area contributed by atoms with E-state index in [-0.39, 0.29) is 18.3 Å². The third-order valence-electron chi connectivity index (χ3n) is 5.15. The Morgan fingerprint density at radius 1 is 1.09 bits per heavy atom. The first-order valence-corrected chi connectivity index (χ1v) is 10.4. The first kappa shape index (κ1) is 20.7. The zero-order valence-electron chi connectivity index (χ0n) is 17.4. The Morgan fingerprint density at radius 3 is 2.70 bits per heavy atom. The van der Waals surface area contributed by atoms with E-state index in [4.69, 9.17) is 16.1 Å². The summed E-state index contributed by atoms with van der Waals surface area (Å²) < 4.78 is 7.90. The van der Waals surface area contributed by atoms with Crippen LogP contribution < -0.4 is 10.6 Å². The van der Waals surface area contributed by atoms with Crippen LogP contribution in [0.15, 0.2) is 82.2 Å². The first-order valence-electron chi connectivity index (χ1n) is 10.0. The Morgan fingerprint density at radius 2 is 1.91 bits per heavy atom. The summed E-state index contributed by atoms with van der Waals surface area (Å²) in [6.07, 6.45) is 1.57. The second kappa shape index (κ2) is 8.36. The van der Waals surface area contributed by atoms with Gasteiger partial charge in [-0.1, -0.05) is 47.1 Å². The Kier molecular flexibility index (Phi) is 5.23. The Labute approximate surface area is 192 Å². The molecule has 3 aromatic heterocycles. The summed E-state index contributed by atoms with van der Waals surface area (Å²) >= 11 is 6.05. The van der Waals surface area contributed by atoms with E-state index in [2.05, 4.69) is 15.2 Å². The zero-order chi connectivity index (χ0) is 22.9. The van der Waals surface area contributed by atoms with Gasteiger partial charge >= 0.3 is 5.69 Å². The minimum Gasteiger partial charge on any atom is -0.333 e. The molecular weight excluding hydrogens is 444 g/mol. The highest BCUT2D eigenvalue weighted by molar-refractivity contribution is 6.30. The first-order chi connectivity index (χ1) is 16.0. The van der Waals surface area contributed by atoms with Crippen LogP contribution in [0.25, 0.3) is 28.5 Å². The van der Waals surface area contributed by atoms with E-state index in [0.29, 0.717) is 27.6 Å². The van der Waals surface area contributed by atoms with E-state index in [1.54, 1.807) is 43.6 Å². The van der Waals surface area contributed by atoms with Crippen LogP contribution in [0.5, 0.6) is 0 Å². The van der Waals surface area contributed by atoms with Gasteiger partial charge in [-0.3, -0.25) is 4.79 Å². The number of pyridine rings is 1. The molecule has 164 valence electrons. The van der Waals surface area contributed by atoms with Crippen molar-refractivity contribution in [1.82, 2.24) is 24.3 Å². The van der Waals surface area contributed by atoms with Crippen LogP contribution in [0.1, 0.15) is 0 Å².